The second-order valence-electron chi connectivity index (χ2n) is 3.05. The van der Waals surface area contributed by atoms with E-state index in [1.54, 1.807) is 0 Å². The van der Waals surface area contributed by atoms with Gasteiger partial charge in [0.15, 0.2) is 0 Å². The van der Waals surface area contributed by atoms with Crippen LogP contribution in [0.4, 0.5) is 0 Å². The van der Waals surface area contributed by atoms with E-state index in [1.807, 2.05) is 0 Å². The summed E-state index contributed by atoms with van der Waals surface area (Å²) in [6.07, 6.45) is 9.94. The Hall–Kier alpha value is -0.0800. The molecule has 1 rings (SSSR count). The fraction of sp³-hybridized carbons (Fsp3) is 1.00. The molecular formula is C9H22N2. The predicted octanol–water partition coefficient (Wildman–Crippen LogP) is 1.63. The fourth-order valence-electron chi connectivity index (χ4n) is 1.18. The Kier molecular flexibility index (Phi) is 9.85. The second-order valence-corrected chi connectivity index (χ2v) is 3.05. The van der Waals surface area contributed by atoms with Crippen LogP contribution in [0.25, 0.3) is 0 Å². The van der Waals surface area contributed by atoms with Crippen molar-refractivity contribution in [3.05, 3.63) is 0 Å². The van der Waals surface area contributed by atoms with Crippen molar-refractivity contribution in [1.29, 1.82) is 0 Å². The van der Waals surface area contributed by atoms with Crippen LogP contribution >= 0.6 is 0 Å². The first-order chi connectivity index (χ1) is 5.41. The molecule has 0 radical (unpaired) electrons. The van der Waals surface area contributed by atoms with Crippen LogP contribution in [0, 0.1) is 0 Å². The lowest BCUT2D eigenvalue weighted by Crippen LogP contribution is -2.06. The van der Waals surface area contributed by atoms with Gasteiger partial charge in [0.05, 0.1) is 0 Å². The topological polar surface area (TPSA) is 52.0 Å². The van der Waals surface area contributed by atoms with E-state index in [0.29, 0.717) is 0 Å². The summed E-state index contributed by atoms with van der Waals surface area (Å²) >= 11 is 0. The average molecular weight is 158 g/mol. The Morgan fingerprint density at radius 1 is 0.636 bits per heavy atom. The Morgan fingerprint density at radius 2 is 0.909 bits per heavy atom. The van der Waals surface area contributed by atoms with Crippen LogP contribution in [0.1, 0.15) is 44.9 Å². The molecule has 0 heterocycles. The lowest BCUT2D eigenvalue weighted by atomic mass is 10.0. The standard InChI is InChI=1S/C6H12.C3H10N2/c1-2-4-6-5-3-1;4-2-1-3-5/h1-6H2;1-5H2. The lowest BCUT2D eigenvalue weighted by molar-refractivity contribution is 0.504. The van der Waals surface area contributed by atoms with Crippen LogP contribution in [-0.2, 0) is 0 Å². The zero-order chi connectivity index (χ0) is 8.36. The Bertz CT molecular complexity index is 47.1. The average Bonchev–Trinajstić information content (AvgIpc) is 2.10. The first-order valence-corrected chi connectivity index (χ1v) is 4.82. The molecule has 0 amide bonds. The summed E-state index contributed by atoms with van der Waals surface area (Å²) in [6.45, 7) is 1.44. The van der Waals surface area contributed by atoms with Crippen LogP contribution in [0.2, 0.25) is 0 Å². The highest BCUT2D eigenvalue weighted by Crippen LogP contribution is 2.15. The van der Waals surface area contributed by atoms with Gasteiger partial charge in [-0.3, -0.25) is 0 Å². The van der Waals surface area contributed by atoms with Crippen molar-refractivity contribution in [3.63, 3.8) is 0 Å². The van der Waals surface area contributed by atoms with Crippen molar-refractivity contribution in [1.82, 2.24) is 0 Å². The quantitative estimate of drug-likeness (QED) is 0.642. The minimum atomic E-state index is 0.719. The summed E-state index contributed by atoms with van der Waals surface area (Å²) in [5.41, 5.74) is 10.1. The highest BCUT2D eigenvalue weighted by Gasteiger charge is 1.95. The molecule has 11 heavy (non-hydrogen) atoms. The van der Waals surface area contributed by atoms with Gasteiger partial charge in [-0.25, -0.2) is 0 Å². The van der Waals surface area contributed by atoms with Gasteiger partial charge in [0.1, 0.15) is 0 Å². The van der Waals surface area contributed by atoms with E-state index in [4.69, 9.17) is 11.5 Å². The van der Waals surface area contributed by atoms with Gasteiger partial charge < -0.3 is 11.5 Å². The maximum atomic E-state index is 5.06. The molecule has 0 aliphatic heterocycles. The molecule has 0 aromatic carbocycles. The van der Waals surface area contributed by atoms with Crippen LogP contribution in [-0.4, -0.2) is 13.1 Å². The predicted molar refractivity (Wildman–Crippen MR) is 50.4 cm³/mol. The zero-order valence-corrected chi connectivity index (χ0v) is 7.52. The third-order valence-corrected chi connectivity index (χ3v) is 1.91. The van der Waals surface area contributed by atoms with E-state index in [-0.39, 0.29) is 0 Å². The first-order valence-electron chi connectivity index (χ1n) is 4.82. The molecule has 0 atom stereocenters. The van der Waals surface area contributed by atoms with E-state index in [0.717, 1.165) is 19.5 Å². The molecule has 1 aliphatic rings. The molecule has 1 saturated carbocycles. The molecule has 0 unspecified atom stereocenters. The monoisotopic (exact) mass is 158 g/mol. The van der Waals surface area contributed by atoms with Gasteiger partial charge in [-0.1, -0.05) is 38.5 Å². The molecule has 0 aromatic rings. The van der Waals surface area contributed by atoms with Crippen LogP contribution in [0.5, 0.6) is 0 Å². The molecule has 0 bridgehead atoms. The number of rotatable bonds is 2. The largest absolute Gasteiger partial charge is 0.330 e. The summed E-state index contributed by atoms with van der Waals surface area (Å²) in [6, 6.07) is 0. The fourth-order valence-corrected chi connectivity index (χ4v) is 1.18. The highest BCUT2D eigenvalue weighted by atomic mass is 14.6. The number of nitrogens with two attached hydrogens (primary N) is 2. The van der Waals surface area contributed by atoms with Crippen molar-refractivity contribution in [2.75, 3.05) is 13.1 Å². The Balaban J connectivity index is 0.000000187. The Labute approximate surface area is 70.3 Å². The van der Waals surface area contributed by atoms with Gasteiger partial charge in [-0.05, 0) is 19.5 Å². The van der Waals surface area contributed by atoms with Crippen molar-refractivity contribution in [2.45, 2.75) is 44.9 Å². The van der Waals surface area contributed by atoms with Gasteiger partial charge >= 0.3 is 0 Å². The number of hydrogen-bond donors (Lipinski definition) is 2. The normalized spacial score (nSPS) is 16.9. The Morgan fingerprint density at radius 3 is 1.00 bits per heavy atom. The van der Waals surface area contributed by atoms with Crippen molar-refractivity contribution in [3.8, 4) is 0 Å². The van der Waals surface area contributed by atoms with Crippen LogP contribution < -0.4 is 11.5 Å². The van der Waals surface area contributed by atoms with Crippen molar-refractivity contribution >= 4 is 0 Å². The summed E-state index contributed by atoms with van der Waals surface area (Å²) in [5, 5.41) is 0. The minimum Gasteiger partial charge on any atom is -0.330 e. The van der Waals surface area contributed by atoms with E-state index in [2.05, 4.69) is 0 Å². The SMILES string of the molecule is C1CCCCC1.NCCCN. The molecule has 68 valence electrons. The van der Waals surface area contributed by atoms with E-state index in [9.17, 15) is 0 Å². The van der Waals surface area contributed by atoms with Crippen molar-refractivity contribution < 1.29 is 0 Å². The van der Waals surface area contributed by atoms with E-state index >= 15 is 0 Å². The van der Waals surface area contributed by atoms with Gasteiger partial charge in [-0.2, -0.15) is 0 Å². The summed E-state index contributed by atoms with van der Waals surface area (Å²) in [7, 11) is 0. The molecule has 0 aromatic heterocycles. The van der Waals surface area contributed by atoms with E-state index < -0.39 is 0 Å². The van der Waals surface area contributed by atoms with Crippen molar-refractivity contribution in [2.24, 2.45) is 11.5 Å². The smallest absolute Gasteiger partial charge is 0.00653 e. The van der Waals surface area contributed by atoms with Gasteiger partial charge in [0, 0.05) is 0 Å². The summed E-state index contributed by atoms with van der Waals surface area (Å²) in [4.78, 5) is 0. The third-order valence-electron chi connectivity index (χ3n) is 1.91. The van der Waals surface area contributed by atoms with Crippen LogP contribution in [0.15, 0.2) is 0 Å². The molecule has 2 heteroatoms. The molecular weight excluding hydrogens is 136 g/mol. The van der Waals surface area contributed by atoms with E-state index in [1.165, 1.54) is 38.5 Å². The molecule has 0 spiro atoms. The number of hydrogen-bond acceptors (Lipinski definition) is 2. The minimum absolute atomic E-state index is 0.719. The van der Waals surface area contributed by atoms with Gasteiger partial charge in [-0.15, -0.1) is 0 Å². The molecule has 1 aliphatic carbocycles. The van der Waals surface area contributed by atoms with Gasteiger partial charge in [0.25, 0.3) is 0 Å². The molecule has 2 nitrogen and oxygen atoms in total. The zero-order valence-electron chi connectivity index (χ0n) is 7.52. The second kappa shape index (κ2) is 9.92. The van der Waals surface area contributed by atoms with Crippen LogP contribution in [0.3, 0.4) is 0 Å². The maximum absolute atomic E-state index is 5.06. The maximum Gasteiger partial charge on any atom is -0.00653 e. The molecule has 4 N–H and O–H groups in total. The molecule has 0 saturated heterocycles. The van der Waals surface area contributed by atoms with Gasteiger partial charge in [0.2, 0.25) is 0 Å². The summed E-state index contributed by atoms with van der Waals surface area (Å²) < 4.78 is 0. The summed E-state index contributed by atoms with van der Waals surface area (Å²) in [5.74, 6) is 0. The lowest BCUT2D eigenvalue weighted by Gasteiger charge is -2.05. The molecule has 1 fully saturated rings. The third kappa shape index (κ3) is 9.92. The first kappa shape index (κ1) is 10.9. The highest BCUT2D eigenvalue weighted by molar-refractivity contribution is 4.51.